The number of rotatable bonds is 5. The minimum atomic E-state index is -4.33. The van der Waals surface area contributed by atoms with Crippen molar-refractivity contribution in [1.82, 2.24) is 4.90 Å². The van der Waals surface area contributed by atoms with Gasteiger partial charge in [0.25, 0.3) is 0 Å². The molecule has 24 heavy (non-hydrogen) atoms. The molecule has 0 saturated heterocycles. The van der Waals surface area contributed by atoms with Crippen molar-refractivity contribution in [3.05, 3.63) is 65.2 Å². The van der Waals surface area contributed by atoms with Crippen molar-refractivity contribution >= 4 is 11.6 Å². The molecule has 0 radical (unpaired) electrons. The highest BCUT2D eigenvalue weighted by molar-refractivity contribution is 5.88. The number of nitrogens with zero attached hydrogens (tertiary/aromatic N) is 1. The molecule has 1 N–H and O–H groups in total. The first-order chi connectivity index (χ1) is 11.2. The zero-order chi connectivity index (χ0) is 17.7. The largest absolute Gasteiger partial charge is 0.416 e. The van der Waals surface area contributed by atoms with E-state index < -0.39 is 11.7 Å². The molecule has 0 aliphatic rings. The molecular weight excluding hydrogens is 317 g/mol. The van der Waals surface area contributed by atoms with Gasteiger partial charge in [-0.2, -0.15) is 13.2 Å². The fraction of sp³-hybridized carbons (Fsp3) is 0.278. The maximum absolute atomic E-state index is 12.7. The number of carbonyl (C=O) groups is 1. The Hall–Kier alpha value is -2.34. The summed E-state index contributed by atoms with van der Waals surface area (Å²) in [5.74, 6) is -0.135. The van der Waals surface area contributed by atoms with E-state index >= 15 is 0 Å². The summed E-state index contributed by atoms with van der Waals surface area (Å²) in [5, 5.41) is 2.69. The predicted octanol–water partition coefficient (Wildman–Crippen LogP) is 4.30. The Morgan fingerprint density at radius 2 is 1.67 bits per heavy atom. The van der Waals surface area contributed by atoms with Crippen LogP contribution in [0.1, 0.15) is 23.6 Å². The van der Waals surface area contributed by atoms with E-state index in [0.717, 1.165) is 11.6 Å². The number of amides is 1. The molecule has 0 aliphatic heterocycles. The van der Waals surface area contributed by atoms with Gasteiger partial charge in [0.1, 0.15) is 0 Å². The lowest BCUT2D eigenvalue weighted by Crippen LogP contribution is -2.17. The molecule has 2 rings (SSSR count). The first-order valence-corrected chi connectivity index (χ1v) is 7.45. The number of anilines is 1. The van der Waals surface area contributed by atoms with Crippen LogP contribution < -0.4 is 5.32 Å². The first-order valence-electron chi connectivity index (χ1n) is 7.45. The molecule has 0 fully saturated rings. The van der Waals surface area contributed by atoms with E-state index in [1.807, 2.05) is 24.1 Å². The number of benzene rings is 2. The van der Waals surface area contributed by atoms with E-state index in [-0.39, 0.29) is 5.91 Å². The van der Waals surface area contributed by atoms with Gasteiger partial charge in [0.15, 0.2) is 0 Å². The lowest BCUT2D eigenvalue weighted by Gasteiger charge is -2.18. The summed E-state index contributed by atoms with van der Waals surface area (Å²) >= 11 is 0. The average molecular weight is 336 g/mol. The standard InChI is InChI=1S/C18H19F3N2O/c1-13(24)22-17-8-6-14(7-9-17)11-23(2)12-15-4-3-5-16(10-15)18(19,20)21/h3-10H,11-12H2,1-2H3,(H,22,24). The van der Waals surface area contributed by atoms with Crippen LogP contribution in [0.3, 0.4) is 0 Å². The molecule has 0 spiro atoms. The number of carbonyl (C=O) groups excluding carboxylic acids is 1. The fourth-order valence-corrected chi connectivity index (χ4v) is 2.42. The van der Waals surface area contributed by atoms with E-state index in [1.54, 1.807) is 18.2 Å². The number of hydrogen-bond donors (Lipinski definition) is 1. The molecule has 0 bridgehead atoms. The van der Waals surface area contributed by atoms with Gasteiger partial charge in [0.05, 0.1) is 5.56 Å². The van der Waals surface area contributed by atoms with Crippen molar-refractivity contribution in [2.24, 2.45) is 0 Å². The molecule has 0 aliphatic carbocycles. The van der Waals surface area contributed by atoms with Gasteiger partial charge < -0.3 is 5.32 Å². The Labute approximate surface area is 139 Å². The SMILES string of the molecule is CC(=O)Nc1ccc(CN(C)Cc2cccc(C(F)(F)F)c2)cc1. The van der Waals surface area contributed by atoms with Crippen molar-refractivity contribution in [2.75, 3.05) is 12.4 Å². The van der Waals surface area contributed by atoms with Gasteiger partial charge >= 0.3 is 6.18 Å². The van der Waals surface area contributed by atoms with Crippen LogP contribution in [0, 0.1) is 0 Å². The monoisotopic (exact) mass is 336 g/mol. The van der Waals surface area contributed by atoms with E-state index in [1.165, 1.54) is 19.1 Å². The maximum Gasteiger partial charge on any atom is 0.416 e. The minimum Gasteiger partial charge on any atom is -0.326 e. The van der Waals surface area contributed by atoms with Gasteiger partial charge in [-0.25, -0.2) is 0 Å². The van der Waals surface area contributed by atoms with Crippen molar-refractivity contribution in [3.8, 4) is 0 Å². The smallest absolute Gasteiger partial charge is 0.326 e. The second-order valence-corrected chi connectivity index (χ2v) is 5.75. The quantitative estimate of drug-likeness (QED) is 0.883. The molecule has 128 valence electrons. The fourth-order valence-electron chi connectivity index (χ4n) is 2.42. The van der Waals surface area contributed by atoms with Crippen LogP contribution in [0.15, 0.2) is 48.5 Å². The van der Waals surface area contributed by atoms with Crippen LogP contribution in [0.25, 0.3) is 0 Å². The maximum atomic E-state index is 12.7. The molecule has 2 aromatic rings. The van der Waals surface area contributed by atoms with Crippen molar-refractivity contribution < 1.29 is 18.0 Å². The Morgan fingerprint density at radius 3 is 2.25 bits per heavy atom. The van der Waals surface area contributed by atoms with E-state index in [0.29, 0.717) is 24.3 Å². The molecule has 1 amide bonds. The van der Waals surface area contributed by atoms with Crippen molar-refractivity contribution in [2.45, 2.75) is 26.2 Å². The Morgan fingerprint density at radius 1 is 1.04 bits per heavy atom. The minimum absolute atomic E-state index is 0.135. The zero-order valence-electron chi connectivity index (χ0n) is 13.5. The van der Waals surface area contributed by atoms with Gasteiger partial charge in [0.2, 0.25) is 5.91 Å². The Balaban J connectivity index is 1.98. The summed E-state index contributed by atoms with van der Waals surface area (Å²) in [6, 6.07) is 12.7. The molecule has 0 atom stereocenters. The molecule has 2 aromatic carbocycles. The summed E-state index contributed by atoms with van der Waals surface area (Å²) < 4.78 is 38.2. The number of alkyl halides is 3. The van der Waals surface area contributed by atoms with Gasteiger partial charge in [-0.15, -0.1) is 0 Å². The van der Waals surface area contributed by atoms with E-state index in [2.05, 4.69) is 5.32 Å². The van der Waals surface area contributed by atoms with Crippen molar-refractivity contribution in [3.63, 3.8) is 0 Å². The van der Waals surface area contributed by atoms with Gasteiger partial charge in [-0.1, -0.05) is 30.3 Å². The van der Waals surface area contributed by atoms with Gasteiger partial charge in [-0.05, 0) is 36.4 Å². The summed E-state index contributed by atoms with van der Waals surface area (Å²) in [7, 11) is 1.85. The van der Waals surface area contributed by atoms with E-state index in [9.17, 15) is 18.0 Å². The van der Waals surface area contributed by atoms with Crippen LogP contribution in [-0.2, 0) is 24.1 Å². The van der Waals surface area contributed by atoms with Gasteiger partial charge in [-0.3, -0.25) is 9.69 Å². The predicted molar refractivity (Wildman–Crippen MR) is 87.4 cm³/mol. The third-order valence-electron chi connectivity index (χ3n) is 3.43. The lowest BCUT2D eigenvalue weighted by molar-refractivity contribution is -0.137. The molecule has 0 unspecified atom stereocenters. The number of halogens is 3. The third-order valence-corrected chi connectivity index (χ3v) is 3.43. The van der Waals surface area contributed by atoms with Crippen LogP contribution in [0.5, 0.6) is 0 Å². The Kier molecular flexibility index (Phi) is 5.62. The molecular formula is C18H19F3N2O. The first kappa shape index (κ1) is 18.0. The summed E-state index contributed by atoms with van der Waals surface area (Å²) in [5.41, 5.74) is 1.71. The van der Waals surface area contributed by atoms with Crippen molar-refractivity contribution in [1.29, 1.82) is 0 Å². The molecule has 6 heteroatoms. The Bertz CT molecular complexity index is 696. The lowest BCUT2D eigenvalue weighted by atomic mass is 10.1. The molecule has 0 heterocycles. The molecule has 3 nitrogen and oxygen atoms in total. The zero-order valence-corrected chi connectivity index (χ0v) is 13.5. The summed E-state index contributed by atoms with van der Waals surface area (Å²) in [6.45, 7) is 2.45. The van der Waals surface area contributed by atoms with Gasteiger partial charge in [0, 0.05) is 25.7 Å². The highest BCUT2D eigenvalue weighted by Crippen LogP contribution is 2.29. The summed E-state index contributed by atoms with van der Waals surface area (Å²) in [4.78, 5) is 12.9. The average Bonchev–Trinajstić information content (AvgIpc) is 2.48. The second kappa shape index (κ2) is 7.49. The van der Waals surface area contributed by atoms with E-state index in [4.69, 9.17) is 0 Å². The third kappa shape index (κ3) is 5.38. The number of hydrogen-bond acceptors (Lipinski definition) is 2. The highest BCUT2D eigenvalue weighted by atomic mass is 19.4. The normalized spacial score (nSPS) is 11.6. The molecule has 0 aromatic heterocycles. The topological polar surface area (TPSA) is 32.3 Å². The summed E-state index contributed by atoms with van der Waals surface area (Å²) in [6.07, 6.45) is -4.33. The van der Waals surface area contributed by atoms with Crippen LogP contribution in [0.2, 0.25) is 0 Å². The van der Waals surface area contributed by atoms with Crippen LogP contribution >= 0.6 is 0 Å². The van der Waals surface area contributed by atoms with Crippen LogP contribution in [0.4, 0.5) is 18.9 Å². The van der Waals surface area contributed by atoms with Crippen LogP contribution in [-0.4, -0.2) is 17.9 Å². The second-order valence-electron chi connectivity index (χ2n) is 5.75. The number of nitrogens with one attached hydrogen (secondary N) is 1. The highest BCUT2D eigenvalue weighted by Gasteiger charge is 2.30. The molecule has 0 saturated carbocycles.